The van der Waals surface area contributed by atoms with Crippen LogP contribution in [0.5, 0.6) is 0 Å². The van der Waals surface area contributed by atoms with E-state index in [4.69, 9.17) is 15.3 Å². The van der Waals surface area contributed by atoms with Gasteiger partial charge in [0.05, 0.1) is 5.56 Å². The molecular weight excluding hydrogens is 220 g/mol. The van der Waals surface area contributed by atoms with Crippen LogP contribution in [0.25, 0.3) is 0 Å². The van der Waals surface area contributed by atoms with Gasteiger partial charge < -0.3 is 15.3 Å². The summed E-state index contributed by atoms with van der Waals surface area (Å²) in [5.74, 6) is -0.879. The zero-order chi connectivity index (χ0) is 12.9. The molecule has 0 aliphatic rings. The molecule has 96 valence electrons. The van der Waals surface area contributed by atoms with E-state index in [9.17, 15) is 4.79 Å². The van der Waals surface area contributed by atoms with Crippen molar-refractivity contribution < 1.29 is 20.1 Å². The van der Waals surface area contributed by atoms with Gasteiger partial charge in [-0.3, -0.25) is 0 Å². The normalized spacial score (nSPS) is 9.29. The summed E-state index contributed by atoms with van der Waals surface area (Å²) in [7, 11) is 0. The SMILES string of the molecule is O=C(O)c1ccccc1.OCCCCCCO. The van der Waals surface area contributed by atoms with Gasteiger partial charge in [0.15, 0.2) is 0 Å². The standard InChI is InChI=1S/C7H6O2.C6H14O2/c8-7(9)6-4-2-1-3-5-6;7-5-3-1-2-4-6-8/h1-5H,(H,8,9);7-8H,1-6H2. The Balaban J connectivity index is 0.000000304. The molecule has 17 heavy (non-hydrogen) atoms. The van der Waals surface area contributed by atoms with Crippen molar-refractivity contribution in [2.75, 3.05) is 13.2 Å². The Hall–Kier alpha value is -1.39. The molecule has 1 rings (SSSR count). The molecule has 0 radical (unpaired) electrons. The Morgan fingerprint density at radius 2 is 1.35 bits per heavy atom. The predicted molar refractivity (Wildman–Crippen MR) is 66.0 cm³/mol. The van der Waals surface area contributed by atoms with Crippen LogP contribution in [-0.4, -0.2) is 34.5 Å². The smallest absolute Gasteiger partial charge is 0.335 e. The van der Waals surface area contributed by atoms with Gasteiger partial charge in [0.1, 0.15) is 0 Å². The van der Waals surface area contributed by atoms with Crippen molar-refractivity contribution in [3.8, 4) is 0 Å². The van der Waals surface area contributed by atoms with Crippen molar-refractivity contribution in [2.45, 2.75) is 25.7 Å². The molecule has 0 saturated heterocycles. The zero-order valence-corrected chi connectivity index (χ0v) is 9.88. The monoisotopic (exact) mass is 240 g/mol. The maximum Gasteiger partial charge on any atom is 0.335 e. The molecule has 0 spiro atoms. The Morgan fingerprint density at radius 3 is 1.65 bits per heavy atom. The second-order valence-corrected chi connectivity index (χ2v) is 3.53. The van der Waals surface area contributed by atoms with E-state index in [1.165, 1.54) is 0 Å². The first-order valence-corrected chi connectivity index (χ1v) is 5.72. The van der Waals surface area contributed by atoms with Crippen LogP contribution >= 0.6 is 0 Å². The Labute approximate surface area is 102 Å². The second kappa shape index (κ2) is 11.1. The highest BCUT2D eigenvalue weighted by atomic mass is 16.4. The minimum Gasteiger partial charge on any atom is -0.478 e. The van der Waals surface area contributed by atoms with Gasteiger partial charge in [-0.2, -0.15) is 0 Å². The van der Waals surface area contributed by atoms with Crippen molar-refractivity contribution in [3.05, 3.63) is 35.9 Å². The van der Waals surface area contributed by atoms with Crippen molar-refractivity contribution in [3.63, 3.8) is 0 Å². The molecule has 0 heterocycles. The number of hydrogen-bond donors (Lipinski definition) is 3. The van der Waals surface area contributed by atoms with Crippen LogP contribution in [0, 0.1) is 0 Å². The number of carbonyl (C=O) groups is 1. The number of rotatable bonds is 6. The molecule has 4 nitrogen and oxygen atoms in total. The third kappa shape index (κ3) is 9.53. The molecule has 0 aliphatic heterocycles. The number of benzene rings is 1. The maximum atomic E-state index is 10.2. The first-order chi connectivity index (χ1) is 8.22. The fraction of sp³-hybridized carbons (Fsp3) is 0.462. The van der Waals surface area contributed by atoms with Gasteiger partial charge in [-0.25, -0.2) is 4.79 Å². The molecule has 1 aromatic rings. The van der Waals surface area contributed by atoms with E-state index >= 15 is 0 Å². The lowest BCUT2D eigenvalue weighted by molar-refractivity contribution is 0.0697. The molecular formula is C13H20O4. The molecule has 0 atom stereocenters. The lowest BCUT2D eigenvalue weighted by Gasteiger charge is -1.93. The number of carboxylic acid groups (broad SMARTS) is 1. The van der Waals surface area contributed by atoms with E-state index in [1.807, 2.05) is 0 Å². The highest BCUT2D eigenvalue weighted by Crippen LogP contribution is 1.97. The second-order valence-electron chi connectivity index (χ2n) is 3.53. The van der Waals surface area contributed by atoms with E-state index in [2.05, 4.69) is 0 Å². The summed E-state index contributed by atoms with van der Waals surface area (Å²) in [5.41, 5.74) is 0.331. The van der Waals surface area contributed by atoms with Gasteiger partial charge >= 0.3 is 5.97 Å². The Morgan fingerprint density at radius 1 is 0.882 bits per heavy atom. The van der Waals surface area contributed by atoms with Gasteiger partial charge in [0.2, 0.25) is 0 Å². The lowest BCUT2D eigenvalue weighted by Crippen LogP contribution is -1.93. The molecule has 0 fully saturated rings. The molecule has 4 heteroatoms. The molecule has 0 bridgehead atoms. The first-order valence-electron chi connectivity index (χ1n) is 5.72. The lowest BCUT2D eigenvalue weighted by atomic mass is 10.2. The molecule has 3 N–H and O–H groups in total. The van der Waals surface area contributed by atoms with Crippen LogP contribution in [-0.2, 0) is 0 Å². The third-order valence-electron chi connectivity index (χ3n) is 2.09. The van der Waals surface area contributed by atoms with Crippen LogP contribution in [0.2, 0.25) is 0 Å². The van der Waals surface area contributed by atoms with Gasteiger partial charge in [0, 0.05) is 13.2 Å². The molecule has 0 aromatic heterocycles. The number of aliphatic hydroxyl groups is 2. The summed E-state index contributed by atoms with van der Waals surface area (Å²) in [4.78, 5) is 10.2. The predicted octanol–water partition coefficient (Wildman–Crippen LogP) is 1.92. The molecule has 0 amide bonds. The fourth-order valence-corrected chi connectivity index (χ4v) is 1.16. The minimum absolute atomic E-state index is 0.283. The molecule has 0 saturated carbocycles. The van der Waals surface area contributed by atoms with Crippen LogP contribution in [0.1, 0.15) is 36.0 Å². The average molecular weight is 240 g/mol. The zero-order valence-electron chi connectivity index (χ0n) is 9.88. The molecule has 1 aromatic carbocycles. The van der Waals surface area contributed by atoms with E-state index in [0.717, 1.165) is 25.7 Å². The number of aromatic carboxylic acids is 1. The topological polar surface area (TPSA) is 77.8 Å². The molecule has 0 aliphatic carbocycles. The molecule has 0 unspecified atom stereocenters. The van der Waals surface area contributed by atoms with Gasteiger partial charge in [-0.05, 0) is 25.0 Å². The number of hydrogen-bond acceptors (Lipinski definition) is 3. The average Bonchev–Trinajstić information content (AvgIpc) is 2.37. The van der Waals surface area contributed by atoms with E-state index in [-0.39, 0.29) is 13.2 Å². The van der Waals surface area contributed by atoms with Crippen LogP contribution < -0.4 is 0 Å². The van der Waals surface area contributed by atoms with Crippen molar-refractivity contribution in [2.24, 2.45) is 0 Å². The van der Waals surface area contributed by atoms with Crippen LogP contribution in [0.15, 0.2) is 30.3 Å². The van der Waals surface area contributed by atoms with E-state index < -0.39 is 5.97 Å². The number of carboxylic acids is 1. The van der Waals surface area contributed by atoms with Crippen LogP contribution in [0.4, 0.5) is 0 Å². The van der Waals surface area contributed by atoms with Gasteiger partial charge in [0.25, 0.3) is 0 Å². The highest BCUT2D eigenvalue weighted by molar-refractivity contribution is 5.87. The summed E-state index contributed by atoms with van der Waals surface area (Å²) in [6, 6.07) is 8.30. The Kier molecular flexibility index (Phi) is 10.2. The van der Waals surface area contributed by atoms with Crippen molar-refractivity contribution in [1.29, 1.82) is 0 Å². The quantitative estimate of drug-likeness (QED) is 0.664. The number of unbranched alkanes of at least 4 members (excludes halogenated alkanes) is 3. The summed E-state index contributed by atoms with van der Waals surface area (Å²) < 4.78 is 0. The Bertz CT molecular complexity index is 279. The maximum absolute atomic E-state index is 10.2. The minimum atomic E-state index is -0.879. The fourth-order valence-electron chi connectivity index (χ4n) is 1.16. The summed E-state index contributed by atoms with van der Waals surface area (Å²) >= 11 is 0. The number of aliphatic hydroxyl groups excluding tert-OH is 2. The highest BCUT2D eigenvalue weighted by Gasteiger charge is 1.96. The van der Waals surface area contributed by atoms with Gasteiger partial charge in [-0.15, -0.1) is 0 Å². The van der Waals surface area contributed by atoms with Crippen LogP contribution in [0.3, 0.4) is 0 Å². The largest absolute Gasteiger partial charge is 0.478 e. The van der Waals surface area contributed by atoms with Crippen molar-refractivity contribution in [1.82, 2.24) is 0 Å². The summed E-state index contributed by atoms with van der Waals surface area (Å²) in [5, 5.41) is 25.0. The van der Waals surface area contributed by atoms with Gasteiger partial charge in [-0.1, -0.05) is 31.0 Å². The van der Waals surface area contributed by atoms with E-state index in [1.54, 1.807) is 30.3 Å². The summed E-state index contributed by atoms with van der Waals surface area (Å²) in [6.45, 7) is 0.566. The third-order valence-corrected chi connectivity index (χ3v) is 2.09. The first kappa shape index (κ1) is 15.6. The van der Waals surface area contributed by atoms with Crippen molar-refractivity contribution >= 4 is 5.97 Å². The van der Waals surface area contributed by atoms with E-state index in [0.29, 0.717) is 5.56 Å². The summed E-state index contributed by atoms with van der Waals surface area (Å²) in [6.07, 6.45) is 3.83.